The first-order valence-corrected chi connectivity index (χ1v) is 8.30. The van der Waals surface area contributed by atoms with Gasteiger partial charge in [-0.25, -0.2) is 9.59 Å². The van der Waals surface area contributed by atoms with Crippen molar-refractivity contribution in [2.24, 2.45) is 0 Å². The quantitative estimate of drug-likeness (QED) is 0.194. The molecular weight excluding hydrogens is 372 g/mol. The molecule has 0 saturated carbocycles. The third-order valence-corrected chi connectivity index (χ3v) is 3.49. The third kappa shape index (κ3) is 10.2. The van der Waals surface area contributed by atoms with Crippen LogP contribution in [0.4, 0.5) is 0 Å². The highest BCUT2D eigenvalue weighted by Crippen LogP contribution is 2.05. The molecule has 0 aliphatic rings. The first-order chi connectivity index (χ1) is 13.1. The SMILES string of the molecule is C#CC(OC(=O)C(=O)OC(C#C)N(C)CCCC(=O)O)N(C)CCCC(=O)O. The predicted octanol–water partition coefficient (Wildman–Crippen LogP) is -0.415. The van der Waals surface area contributed by atoms with Gasteiger partial charge in [0.25, 0.3) is 0 Å². The van der Waals surface area contributed by atoms with Crippen LogP contribution in [0.2, 0.25) is 0 Å². The Morgan fingerprint density at radius 2 is 1.14 bits per heavy atom. The van der Waals surface area contributed by atoms with Gasteiger partial charge in [0.2, 0.25) is 12.5 Å². The minimum atomic E-state index is -1.35. The molecule has 0 aromatic heterocycles. The Kier molecular flexibility index (Phi) is 11.7. The van der Waals surface area contributed by atoms with E-state index in [0.29, 0.717) is 0 Å². The molecule has 154 valence electrons. The second-order valence-corrected chi connectivity index (χ2v) is 5.80. The summed E-state index contributed by atoms with van der Waals surface area (Å²) in [5, 5.41) is 17.2. The molecule has 10 heteroatoms. The highest BCUT2D eigenvalue weighted by atomic mass is 16.6. The van der Waals surface area contributed by atoms with Gasteiger partial charge in [-0.3, -0.25) is 19.4 Å². The van der Waals surface area contributed by atoms with Crippen LogP contribution in [0, 0.1) is 24.7 Å². The Morgan fingerprint density at radius 3 is 1.39 bits per heavy atom. The van der Waals surface area contributed by atoms with E-state index in [0.717, 1.165) is 0 Å². The second kappa shape index (κ2) is 13.1. The van der Waals surface area contributed by atoms with Gasteiger partial charge >= 0.3 is 23.9 Å². The van der Waals surface area contributed by atoms with E-state index in [1.54, 1.807) is 0 Å². The molecule has 0 bridgehead atoms. The summed E-state index contributed by atoms with van der Waals surface area (Å²) in [5.41, 5.74) is 0. The van der Waals surface area contributed by atoms with Gasteiger partial charge in [0.05, 0.1) is 0 Å². The Labute approximate surface area is 163 Å². The molecule has 0 aromatic carbocycles. The average Bonchev–Trinajstić information content (AvgIpc) is 2.62. The maximum absolute atomic E-state index is 11.9. The van der Waals surface area contributed by atoms with Gasteiger partial charge in [-0.2, -0.15) is 0 Å². The molecule has 0 radical (unpaired) electrons. The second-order valence-electron chi connectivity index (χ2n) is 5.80. The van der Waals surface area contributed by atoms with E-state index >= 15 is 0 Å². The number of hydrogen-bond acceptors (Lipinski definition) is 8. The number of esters is 2. The van der Waals surface area contributed by atoms with Gasteiger partial charge in [-0.15, -0.1) is 12.8 Å². The van der Waals surface area contributed by atoms with Crippen molar-refractivity contribution in [3.05, 3.63) is 0 Å². The van der Waals surface area contributed by atoms with Crippen molar-refractivity contribution in [3.8, 4) is 24.7 Å². The van der Waals surface area contributed by atoms with E-state index in [1.807, 2.05) is 0 Å². The number of rotatable bonds is 12. The van der Waals surface area contributed by atoms with Crippen LogP contribution in [0.3, 0.4) is 0 Å². The number of hydrogen-bond donors (Lipinski definition) is 2. The molecular formula is C18H24N2O8. The van der Waals surface area contributed by atoms with Gasteiger partial charge in [-0.1, -0.05) is 0 Å². The molecule has 10 nitrogen and oxygen atoms in total. The summed E-state index contributed by atoms with van der Waals surface area (Å²) in [5.74, 6) is -0.304. The maximum atomic E-state index is 11.9. The summed E-state index contributed by atoms with van der Waals surface area (Å²) in [6.45, 7) is 0.450. The maximum Gasteiger partial charge on any atom is 0.419 e. The lowest BCUT2D eigenvalue weighted by molar-refractivity contribution is -0.178. The number of carbonyl (C=O) groups excluding carboxylic acids is 2. The molecule has 0 aliphatic carbocycles. The van der Waals surface area contributed by atoms with E-state index in [1.165, 1.54) is 23.9 Å². The van der Waals surface area contributed by atoms with Crippen LogP contribution in [0.5, 0.6) is 0 Å². The standard InChI is InChI=1S/C18H24N2O8/c1-5-13(19(3)11-7-9-15(21)22)27-17(25)18(26)28-14(6-2)20(4)12-8-10-16(23)24/h1-2,13-14H,7-12H2,3-4H3,(H,21,22)(H,23,24). The minimum absolute atomic E-state index is 0.0876. The van der Waals surface area contributed by atoms with Crippen molar-refractivity contribution in [3.63, 3.8) is 0 Å². The summed E-state index contributed by atoms with van der Waals surface area (Å²) in [6, 6.07) is 0. The topological polar surface area (TPSA) is 134 Å². The van der Waals surface area contributed by atoms with Gasteiger partial charge in [-0.05, 0) is 38.8 Å². The summed E-state index contributed by atoms with van der Waals surface area (Å²) < 4.78 is 9.77. The van der Waals surface area contributed by atoms with Crippen molar-refractivity contribution >= 4 is 23.9 Å². The molecule has 0 heterocycles. The van der Waals surface area contributed by atoms with Gasteiger partial charge in [0.1, 0.15) is 0 Å². The Bertz CT molecular complexity index is 593. The van der Waals surface area contributed by atoms with Crippen LogP contribution < -0.4 is 0 Å². The molecule has 0 aromatic rings. The first-order valence-electron chi connectivity index (χ1n) is 8.30. The summed E-state index contributed by atoms with van der Waals surface area (Å²) >= 11 is 0. The summed E-state index contributed by atoms with van der Waals surface area (Å²) in [4.78, 5) is 47.6. The summed E-state index contributed by atoms with van der Waals surface area (Å²) in [6.07, 6.45) is 8.55. The molecule has 0 fully saturated rings. The molecule has 28 heavy (non-hydrogen) atoms. The number of aliphatic carboxylic acids is 2. The summed E-state index contributed by atoms with van der Waals surface area (Å²) in [7, 11) is 3.01. The van der Waals surface area contributed by atoms with E-state index in [2.05, 4.69) is 11.8 Å². The lowest BCUT2D eigenvalue weighted by Gasteiger charge is -2.25. The van der Waals surface area contributed by atoms with Gasteiger partial charge in [0.15, 0.2) is 0 Å². The number of terminal acetylenes is 2. The third-order valence-electron chi connectivity index (χ3n) is 3.49. The Morgan fingerprint density at radius 1 is 0.821 bits per heavy atom. The monoisotopic (exact) mass is 396 g/mol. The van der Waals surface area contributed by atoms with Crippen molar-refractivity contribution in [2.75, 3.05) is 27.2 Å². The fourth-order valence-corrected chi connectivity index (χ4v) is 2.00. The molecule has 2 atom stereocenters. The number of carboxylic acids is 2. The van der Waals surface area contributed by atoms with Crippen molar-refractivity contribution in [2.45, 2.75) is 38.1 Å². The molecule has 0 saturated heterocycles. The molecule has 2 N–H and O–H groups in total. The fourth-order valence-electron chi connectivity index (χ4n) is 2.00. The van der Waals surface area contributed by atoms with E-state index < -0.39 is 36.3 Å². The zero-order valence-electron chi connectivity index (χ0n) is 15.8. The van der Waals surface area contributed by atoms with Crippen LogP contribution in [-0.2, 0) is 28.7 Å². The smallest absolute Gasteiger partial charge is 0.419 e. The van der Waals surface area contributed by atoms with Gasteiger partial charge < -0.3 is 19.7 Å². The molecule has 0 rings (SSSR count). The van der Waals surface area contributed by atoms with Crippen molar-refractivity contribution in [1.29, 1.82) is 0 Å². The largest absolute Gasteiger partial charge is 0.481 e. The van der Waals surface area contributed by atoms with Crippen LogP contribution in [0.25, 0.3) is 0 Å². The molecule has 2 unspecified atom stereocenters. The van der Waals surface area contributed by atoms with Crippen LogP contribution in [0.15, 0.2) is 0 Å². The first kappa shape index (κ1) is 24.9. The van der Waals surface area contributed by atoms with Crippen molar-refractivity contribution < 1.29 is 38.9 Å². The highest BCUT2D eigenvalue weighted by molar-refractivity contribution is 6.29. The lowest BCUT2D eigenvalue weighted by atomic mass is 10.3. The number of ether oxygens (including phenoxy) is 2. The molecule has 0 amide bonds. The van der Waals surface area contributed by atoms with Crippen LogP contribution >= 0.6 is 0 Å². The zero-order valence-corrected chi connectivity index (χ0v) is 15.8. The predicted molar refractivity (Wildman–Crippen MR) is 96.4 cm³/mol. The van der Waals surface area contributed by atoms with Crippen LogP contribution in [-0.4, -0.2) is 83.5 Å². The highest BCUT2D eigenvalue weighted by Gasteiger charge is 2.27. The Hall–Kier alpha value is -3.08. The fraction of sp³-hybridized carbons (Fsp3) is 0.556. The average molecular weight is 396 g/mol. The Balaban J connectivity index is 4.62. The van der Waals surface area contributed by atoms with E-state index in [4.69, 9.17) is 32.5 Å². The lowest BCUT2D eigenvalue weighted by Crippen LogP contribution is -2.41. The van der Waals surface area contributed by atoms with E-state index in [-0.39, 0.29) is 38.8 Å². The van der Waals surface area contributed by atoms with Crippen molar-refractivity contribution in [1.82, 2.24) is 9.80 Å². The normalized spacial score (nSPS) is 12.5. The molecule has 0 aliphatic heterocycles. The van der Waals surface area contributed by atoms with Crippen LogP contribution in [0.1, 0.15) is 25.7 Å². The minimum Gasteiger partial charge on any atom is -0.481 e. The number of carbonyl (C=O) groups is 4. The molecule has 0 spiro atoms. The van der Waals surface area contributed by atoms with Gasteiger partial charge in [0, 0.05) is 25.9 Å². The zero-order chi connectivity index (χ0) is 21.7. The number of carboxylic acid groups (broad SMARTS) is 2. The van der Waals surface area contributed by atoms with E-state index in [9.17, 15) is 19.2 Å². The number of nitrogens with zero attached hydrogens (tertiary/aromatic N) is 2.